The van der Waals surface area contributed by atoms with Crippen LogP contribution in [0, 0.1) is 0 Å². The van der Waals surface area contributed by atoms with E-state index >= 15 is 0 Å². The van der Waals surface area contributed by atoms with Crippen molar-refractivity contribution < 1.29 is 4.79 Å². The molecule has 1 aromatic rings. The highest BCUT2D eigenvalue weighted by molar-refractivity contribution is 5.92. The second-order valence-corrected chi connectivity index (χ2v) is 4.08. The summed E-state index contributed by atoms with van der Waals surface area (Å²) in [5.74, 6) is 0.202. The van der Waals surface area contributed by atoms with E-state index in [2.05, 4.69) is 29.0 Å². The number of rotatable bonds is 7. The molecular formula is C13H24Cl2N4O. The lowest BCUT2D eigenvalue weighted by molar-refractivity contribution is 0.0947. The van der Waals surface area contributed by atoms with Crippen LogP contribution in [0.3, 0.4) is 0 Å². The number of nitrogen functional groups attached to an aromatic ring is 1. The minimum atomic E-state index is -0.165. The maximum absolute atomic E-state index is 11.7. The van der Waals surface area contributed by atoms with E-state index in [1.807, 2.05) is 0 Å². The molecule has 0 saturated heterocycles. The molecule has 20 heavy (non-hydrogen) atoms. The summed E-state index contributed by atoms with van der Waals surface area (Å²) < 4.78 is 0. The number of nitrogens with one attached hydrogen (secondary N) is 1. The molecule has 0 aromatic carbocycles. The third kappa shape index (κ3) is 7.53. The van der Waals surface area contributed by atoms with Gasteiger partial charge in [-0.2, -0.15) is 0 Å². The van der Waals surface area contributed by atoms with Crippen molar-refractivity contribution in [2.75, 3.05) is 31.9 Å². The SMILES string of the molecule is CCN(CC)CCCNC(=O)c1cccc(N)n1.Cl.Cl. The van der Waals surface area contributed by atoms with Crippen molar-refractivity contribution in [3.05, 3.63) is 23.9 Å². The highest BCUT2D eigenvalue weighted by atomic mass is 35.5. The van der Waals surface area contributed by atoms with E-state index in [4.69, 9.17) is 5.73 Å². The number of carbonyl (C=O) groups is 1. The van der Waals surface area contributed by atoms with E-state index in [-0.39, 0.29) is 30.7 Å². The minimum absolute atomic E-state index is 0. The molecule has 0 bridgehead atoms. The van der Waals surface area contributed by atoms with Crippen molar-refractivity contribution in [1.82, 2.24) is 15.2 Å². The second-order valence-electron chi connectivity index (χ2n) is 4.08. The molecule has 1 aromatic heterocycles. The number of pyridine rings is 1. The van der Waals surface area contributed by atoms with Gasteiger partial charge in [-0.25, -0.2) is 4.98 Å². The molecule has 0 spiro atoms. The molecule has 3 N–H and O–H groups in total. The Morgan fingerprint density at radius 2 is 1.95 bits per heavy atom. The van der Waals surface area contributed by atoms with Crippen molar-refractivity contribution in [3.63, 3.8) is 0 Å². The van der Waals surface area contributed by atoms with E-state index in [0.717, 1.165) is 26.1 Å². The molecule has 0 unspecified atom stereocenters. The Balaban J connectivity index is 0. The molecular weight excluding hydrogens is 299 g/mol. The van der Waals surface area contributed by atoms with Gasteiger partial charge in [-0.05, 0) is 38.2 Å². The van der Waals surface area contributed by atoms with Gasteiger partial charge in [-0.1, -0.05) is 19.9 Å². The molecule has 0 aliphatic heterocycles. The lowest BCUT2D eigenvalue weighted by Crippen LogP contribution is -2.30. The van der Waals surface area contributed by atoms with Crippen LogP contribution >= 0.6 is 24.8 Å². The van der Waals surface area contributed by atoms with Crippen molar-refractivity contribution in [2.45, 2.75) is 20.3 Å². The fourth-order valence-electron chi connectivity index (χ4n) is 1.71. The van der Waals surface area contributed by atoms with Gasteiger partial charge in [0.25, 0.3) is 5.91 Å². The molecule has 1 heterocycles. The number of hydrogen-bond acceptors (Lipinski definition) is 4. The monoisotopic (exact) mass is 322 g/mol. The zero-order valence-electron chi connectivity index (χ0n) is 12.0. The first-order chi connectivity index (χ1) is 8.67. The van der Waals surface area contributed by atoms with Gasteiger partial charge in [0.2, 0.25) is 0 Å². The number of carbonyl (C=O) groups excluding carboxylic acids is 1. The molecule has 5 nitrogen and oxygen atoms in total. The summed E-state index contributed by atoms with van der Waals surface area (Å²) in [6.45, 7) is 8.02. The molecule has 0 fully saturated rings. The van der Waals surface area contributed by atoms with E-state index < -0.39 is 0 Å². The van der Waals surface area contributed by atoms with E-state index in [0.29, 0.717) is 18.1 Å². The van der Waals surface area contributed by atoms with Gasteiger partial charge >= 0.3 is 0 Å². The molecule has 1 amide bonds. The van der Waals surface area contributed by atoms with Crippen LogP contribution in [0.1, 0.15) is 30.8 Å². The number of aromatic nitrogens is 1. The van der Waals surface area contributed by atoms with Crippen LogP contribution in [0.2, 0.25) is 0 Å². The molecule has 0 atom stereocenters. The van der Waals surface area contributed by atoms with Crippen LogP contribution in [0.25, 0.3) is 0 Å². The molecule has 116 valence electrons. The summed E-state index contributed by atoms with van der Waals surface area (Å²) in [7, 11) is 0. The molecule has 1 rings (SSSR count). The van der Waals surface area contributed by atoms with Crippen molar-refractivity contribution in [1.29, 1.82) is 0 Å². The molecule has 0 saturated carbocycles. The summed E-state index contributed by atoms with van der Waals surface area (Å²) in [6, 6.07) is 5.06. The smallest absolute Gasteiger partial charge is 0.269 e. The van der Waals surface area contributed by atoms with Gasteiger partial charge in [0.15, 0.2) is 0 Å². The average Bonchev–Trinajstić information content (AvgIpc) is 2.38. The first kappa shape index (κ1) is 21.3. The van der Waals surface area contributed by atoms with Crippen molar-refractivity contribution in [2.24, 2.45) is 0 Å². The Hall–Kier alpha value is -1.04. The number of nitrogens with zero attached hydrogens (tertiary/aromatic N) is 2. The predicted octanol–water partition coefficient (Wildman–Crippen LogP) is 1.97. The van der Waals surface area contributed by atoms with E-state index in [1.54, 1.807) is 18.2 Å². The Morgan fingerprint density at radius 1 is 1.30 bits per heavy atom. The Bertz CT molecular complexity index is 386. The highest BCUT2D eigenvalue weighted by Crippen LogP contribution is 2.00. The molecule has 0 aliphatic rings. The summed E-state index contributed by atoms with van der Waals surface area (Å²) in [5.41, 5.74) is 5.90. The average molecular weight is 323 g/mol. The summed E-state index contributed by atoms with van der Waals surface area (Å²) in [4.78, 5) is 18.0. The van der Waals surface area contributed by atoms with Crippen molar-refractivity contribution in [3.8, 4) is 0 Å². The second kappa shape index (κ2) is 11.8. The quantitative estimate of drug-likeness (QED) is 0.753. The fraction of sp³-hybridized carbons (Fsp3) is 0.538. The normalized spacial score (nSPS) is 9.55. The van der Waals surface area contributed by atoms with Crippen LogP contribution in [-0.2, 0) is 0 Å². The number of amides is 1. The number of nitrogens with two attached hydrogens (primary N) is 1. The lowest BCUT2D eigenvalue weighted by atomic mass is 10.3. The minimum Gasteiger partial charge on any atom is -0.384 e. The Morgan fingerprint density at radius 3 is 2.50 bits per heavy atom. The standard InChI is InChI=1S/C13H22N4O.2ClH/c1-3-17(4-2)10-6-9-15-13(18)11-7-5-8-12(14)16-11;;/h5,7-8H,3-4,6,9-10H2,1-2H3,(H2,14,16)(H,15,18);2*1H. The summed E-state index contributed by atoms with van der Waals surface area (Å²) in [6.07, 6.45) is 0.940. The van der Waals surface area contributed by atoms with Crippen LogP contribution in [0.5, 0.6) is 0 Å². The number of halogens is 2. The molecule has 0 radical (unpaired) electrons. The lowest BCUT2D eigenvalue weighted by Gasteiger charge is -2.17. The highest BCUT2D eigenvalue weighted by Gasteiger charge is 2.06. The zero-order valence-corrected chi connectivity index (χ0v) is 13.6. The van der Waals surface area contributed by atoms with Gasteiger partial charge in [0.1, 0.15) is 11.5 Å². The summed E-state index contributed by atoms with van der Waals surface area (Å²) in [5, 5.41) is 2.85. The first-order valence-corrected chi connectivity index (χ1v) is 6.40. The van der Waals surface area contributed by atoms with Gasteiger partial charge in [-0.3, -0.25) is 4.79 Å². The topological polar surface area (TPSA) is 71.2 Å². The van der Waals surface area contributed by atoms with Gasteiger partial charge in [0, 0.05) is 6.54 Å². The first-order valence-electron chi connectivity index (χ1n) is 6.40. The van der Waals surface area contributed by atoms with Crippen LogP contribution in [0.4, 0.5) is 5.82 Å². The molecule has 0 aliphatic carbocycles. The maximum Gasteiger partial charge on any atom is 0.269 e. The predicted molar refractivity (Wildman–Crippen MR) is 87.9 cm³/mol. The van der Waals surface area contributed by atoms with Gasteiger partial charge in [0.05, 0.1) is 0 Å². The van der Waals surface area contributed by atoms with Crippen LogP contribution in [-0.4, -0.2) is 42.0 Å². The van der Waals surface area contributed by atoms with Crippen molar-refractivity contribution >= 4 is 36.5 Å². The fourth-order valence-corrected chi connectivity index (χ4v) is 1.71. The Labute approximate surface area is 133 Å². The zero-order chi connectivity index (χ0) is 13.4. The molecule has 7 heteroatoms. The number of hydrogen-bond donors (Lipinski definition) is 2. The summed E-state index contributed by atoms with van der Waals surface area (Å²) >= 11 is 0. The van der Waals surface area contributed by atoms with E-state index in [1.165, 1.54) is 0 Å². The Kier molecular flexibility index (Phi) is 12.5. The number of anilines is 1. The van der Waals surface area contributed by atoms with Gasteiger partial charge < -0.3 is 16.0 Å². The third-order valence-corrected chi connectivity index (χ3v) is 2.83. The van der Waals surface area contributed by atoms with Gasteiger partial charge in [-0.15, -0.1) is 24.8 Å². The maximum atomic E-state index is 11.7. The van der Waals surface area contributed by atoms with E-state index in [9.17, 15) is 4.79 Å². The van der Waals surface area contributed by atoms with Crippen LogP contribution < -0.4 is 11.1 Å². The van der Waals surface area contributed by atoms with Crippen LogP contribution in [0.15, 0.2) is 18.2 Å². The largest absolute Gasteiger partial charge is 0.384 e. The third-order valence-electron chi connectivity index (χ3n) is 2.83.